The Bertz CT molecular complexity index is 442. The van der Waals surface area contributed by atoms with Crippen LogP contribution in [-0.4, -0.2) is 34.2 Å². The van der Waals surface area contributed by atoms with Crippen molar-refractivity contribution < 1.29 is 9.53 Å². The molecule has 1 amide bonds. The second kappa shape index (κ2) is 6.19. The molecule has 0 bridgehead atoms. The SMILES string of the molecule is CCO[C@@H](CC)C(=O)N[C@H]1CCc2nc(C)cn2C1. The van der Waals surface area contributed by atoms with Crippen LogP contribution in [0.1, 0.15) is 38.2 Å². The Kier molecular flexibility index (Phi) is 4.58. The number of nitrogens with zero attached hydrogens (tertiary/aromatic N) is 2. The van der Waals surface area contributed by atoms with Crippen molar-refractivity contribution in [2.45, 2.75) is 58.7 Å². The van der Waals surface area contributed by atoms with Crippen LogP contribution in [0.5, 0.6) is 0 Å². The number of hydrogen-bond acceptors (Lipinski definition) is 3. The van der Waals surface area contributed by atoms with E-state index in [0.29, 0.717) is 13.0 Å². The van der Waals surface area contributed by atoms with Gasteiger partial charge >= 0.3 is 0 Å². The summed E-state index contributed by atoms with van der Waals surface area (Å²) in [6.07, 6.45) is 4.31. The van der Waals surface area contributed by atoms with Crippen LogP contribution >= 0.6 is 0 Å². The van der Waals surface area contributed by atoms with E-state index in [4.69, 9.17) is 4.74 Å². The van der Waals surface area contributed by atoms with Gasteiger partial charge in [0, 0.05) is 31.8 Å². The van der Waals surface area contributed by atoms with E-state index >= 15 is 0 Å². The fourth-order valence-electron chi connectivity index (χ4n) is 2.58. The van der Waals surface area contributed by atoms with E-state index in [9.17, 15) is 4.79 Å². The molecule has 1 N–H and O–H groups in total. The van der Waals surface area contributed by atoms with Gasteiger partial charge in [-0.3, -0.25) is 4.79 Å². The van der Waals surface area contributed by atoms with E-state index in [2.05, 4.69) is 14.9 Å². The molecule has 2 heterocycles. The molecule has 1 aliphatic rings. The second-order valence-corrected chi connectivity index (χ2v) is 5.05. The summed E-state index contributed by atoms with van der Waals surface area (Å²) in [5.74, 6) is 1.13. The quantitative estimate of drug-likeness (QED) is 0.876. The molecule has 1 aromatic heterocycles. The zero-order valence-corrected chi connectivity index (χ0v) is 12.0. The van der Waals surface area contributed by atoms with Crippen LogP contribution in [0.4, 0.5) is 0 Å². The van der Waals surface area contributed by atoms with Gasteiger partial charge in [-0.15, -0.1) is 0 Å². The molecule has 19 heavy (non-hydrogen) atoms. The number of nitrogens with one attached hydrogen (secondary N) is 1. The minimum absolute atomic E-state index is 0.00892. The van der Waals surface area contributed by atoms with Crippen molar-refractivity contribution in [2.75, 3.05) is 6.61 Å². The maximum Gasteiger partial charge on any atom is 0.249 e. The standard InChI is InChI=1S/C14H23N3O2/c1-4-12(19-5-2)14(18)16-11-6-7-13-15-10(3)8-17(13)9-11/h8,11-12H,4-7,9H2,1-3H3,(H,16,18)/t11-,12-/m0/s1. The number of ether oxygens (including phenoxy) is 1. The molecule has 0 unspecified atom stereocenters. The summed E-state index contributed by atoms with van der Waals surface area (Å²) in [6.45, 7) is 7.27. The number of rotatable bonds is 5. The van der Waals surface area contributed by atoms with Gasteiger partial charge in [0.2, 0.25) is 5.91 Å². The normalized spacial score (nSPS) is 19.8. The van der Waals surface area contributed by atoms with Gasteiger partial charge in [-0.2, -0.15) is 0 Å². The Labute approximate surface area is 114 Å². The molecule has 2 rings (SSSR count). The van der Waals surface area contributed by atoms with Crippen molar-refractivity contribution in [1.82, 2.24) is 14.9 Å². The number of aromatic nitrogens is 2. The maximum atomic E-state index is 12.1. The van der Waals surface area contributed by atoms with E-state index in [0.717, 1.165) is 30.9 Å². The minimum atomic E-state index is -0.323. The summed E-state index contributed by atoms with van der Waals surface area (Å²) in [7, 11) is 0. The minimum Gasteiger partial charge on any atom is -0.369 e. The molecule has 0 saturated carbocycles. The number of amides is 1. The molecule has 5 heteroatoms. The summed E-state index contributed by atoms with van der Waals surface area (Å²) < 4.78 is 7.58. The summed E-state index contributed by atoms with van der Waals surface area (Å²) in [5, 5.41) is 3.09. The summed E-state index contributed by atoms with van der Waals surface area (Å²) in [4.78, 5) is 16.6. The highest BCUT2D eigenvalue weighted by molar-refractivity contribution is 5.81. The molecule has 0 aromatic carbocycles. The predicted octanol–water partition coefficient (Wildman–Crippen LogP) is 1.44. The summed E-state index contributed by atoms with van der Waals surface area (Å²) in [5.41, 5.74) is 1.04. The number of aryl methyl sites for hydroxylation is 2. The molecule has 0 radical (unpaired) electrons. The van der Waals surface area contributed by atoms with Crippen molar-refractivity contribution in [1.29, 1.82) is 0 Å². The lowest BCUT2D eigenvalue weighted by atomic mass is 10.1. The number of fused-ring (bicyclic) bond motifs is 1. The molecule has 0 fully saturated rings. The first-order chi connectivity index (χ1) is 9.13. The number of hydrogen-bond donors (Lipinski definition) is 1. The molecule has 0 saturated heterocycles. The number of carbonyl (C=O) groups is 1. The fraction of sp³-hybridized carbons (Fsp3) is 0.714. The topological polar surface area (TPSA) is 56.1 Å². The molecule has 106 valence electrons. The Morgan fingerprint density at radius 2 is 2.42 bits per heavy atom. The summed E-state index contributed by atoms with van der Waals surface area (Å²) in [6, 6.07) is 0.183. The molecule has 5 nitrogen and oxygen atoms in total. The van der Waals surface area contributed by atoms with Gasteiger partial charge < -0.3 is 14.6 Å². The Hall–Kier alpha value is -1.36. The molecule has 0 aliphatic carbocycles. The van der Waals surface area contributed by atoms with Gasteiger partial charge in [-0.25, -0.2) is 4.98 Å². The maximum absolute atomic E-state index is 12.1. The Balaban J connectivity index is 1.92. The van der Waals surface area contributed by atoms with E-state index in [-0.39, 0.29) is 18.1 Å². The van der Waals surface area contributed by atoms with Crippen LogP contribution in [0.25, 0.3) is 0 Å². The first-order valence-electron chi connectivity index (χ1n) is 7.08. The lowest BCUT2D eigenvalue weighted by Crippen LogP contribution is -2.45. The van der Waals surface area contributed by atoms with Crippen molar-refractivity contribution in [3.8, 4) is 0 Å². The van der Waals surface area contributed by atoms with Gasteiger partial charge in [0.05, 0.1) is 5.69 Å². The third-order valence-electron chi connectivity index (χ3n) is 3.49. The molecular formula is C14H23N3O2. The highest BCUT2D eigenvalue weighted by atomic mass is 16.5. The first kappa shape index (κ1) is 14.1. The van der Waals surface area contributed by atoms with Crippen molar-refractivity contribution in [2.24, 2.45) is 0 Å². The highest BCUT2D eigenvalue weighted by Gasteiger charge is 2.24. The fourth-order valence-corrected chi connectivity index (χ4v) is 2.58. The zero-order valence-electron chi connectivity index (χ0n) is 12.0. The van der Waals surface area contributed by atoms with Crippen LogP contribution in [0, 0.1) is 6.92 Å². The first-order valence-corrected chi connectivity index (χ1v) is 7.08. The highest BCUT2D eigenvalue weighted by Crippen LogP contribution is 2.15. The average molecular weight is 265 g/mol. The van der Waals surface area contributed by atoms with Gasteiger partial charge in [0.1, 0.15) is 11.9 Å². The third-order valence-corrected chi connectivity index (χ3v) is 3.49. The van der Waals surface area contributed by atoms with E-state index < -0.39 is 0 Å². The van der Waals surface area contributed by atoms with Crippen LogP contribution in [-0.2, 0) is 22.5 Å². The molecule has 2 atom stereocenters. The van der Waals surface area contributed by atoms with E-state index in [1.165, 1.54) is 0 Å². The van der Waals surface area contributed by atoms with Crippen LogP contribution < -0.4 is 5.32 Å². The van der Waals surface area contributed by atoms with Crippen molar-refractivity contribution in [3.05, 3.63) is 17.7 Å². The second-order valence-electron chi connectivity index (χ2n) is 5.05. The van der Waals surface area contributed by atoms with Gasteiger partial charge in [-0.05, 0) is 26.7 Å². The monoisotopic (exact) mass is 265 g/mol. The lowest BCUT2D eigenvalue weighted by molar-refractivity contribution is -0.133. The van der Waals surface area contributed by atoms with Gasteiger partial charge in [0.15, 0.2) is 0 Å². The van der Waals surface area contributed by atoms with Gasteiger partial charge in [-0.1, -0.05) is 6.92 Å². The average Bonchev–Trinajstić information content (AvgIpc) is 2.75. The molecular weight excluding hydrogens is 242 g/mol. The predicted molar refractivity (Wildman–Crippen MR) is 72.9 cm³/mol. The molecule has 1 aliphatic heterocycles. The van der Waals surface area contributed by atoms with E-state index in [1.54, 1.807) is 0 Å². The molecule has 0 spiro atoms. The van der Waals surface area contributed by atoms with Crippen LogP contribution in [0.3, 0.4) is 0 Å². The number of carbonyl (C=O) groups excluding carboxylic acids is 1. The summed E-state index contributed by atoms with van der Waals surface area (Å²) >= 11 is 0. The molecule has 1 aromatic rings. The zero-order chi connectivity index (χ0) is 13.8. The largest absolute Gasteiger partial charge is 0.369 e. The Morgan fingerprint density at radius 1 is 1.63 bits per heavy atom. The van der Waals surface area contributed by atoms with Crippen molar-refractivity contribution >= 4 is 5.91 Å². The van der Waals surface area contributed by atoms with Crippen molar-refractivity contribution in [3.63, 3.8) is 0 Å². The van der Waals surface area contributed by atoms with Gasteiger partial charge in [0.25, 0.3) is 0 Å². The lowest BCUT2D eigenvalue weighted by Gasteiger charge is -2.26. The Morgan fingerprint density at radius 3 is 3.11 bits per heavy atom. The van der Waals surface area contributed by atoms with Crippen LogP contribution in [0.15, 0.2) is 6.20 Å². The smallest absolute Gasteiger partial charge is 0.249 e. The number of imidazole rings is 1. The van der Waals surface area contributed by atoms with Crippen LogP contribution in [0.2, 0.25) is 0 Å². The third kappa shape index (κ3) is 3.35. The van der Waals surface area contributed by atoms with E-state index in [1.807, 2.05) is 27.0 Å².